The number of carbonyl (C=O) groups excluding carboxylic acids is 2. The number of amides is 2. The molecular formula is C30H33ClFN3O5S. The lowest BCUT2D eigenvalue weighted by Gasteiger charge is -2.32. The van der Waals surface area contributed by atoms with Crippen molar-refractivity contribution in [1.29, 1.82) is 0 Å². The fourth-order valence-electron chi connectivity index (χ4n) is 4.84. The van der Waals surface area contributed by atoms with Crippen molar-refractivity contribution in [2.75, 3.05) is 18.0 Å². The molecule has 1 atom stereocenters. The van der Waals surface area contributed by atoms with E-state index in [4.69, 9.17) is 16.3 Å². The predicted octanol–water partition coefficient (Wildman–Crippen LogP) is 5.16. The molecule has 2 amide bonds. The molecule has 0 spiro atoms. The summed E-state index contributed by atoms with van der Waals surface area (Å²) in [7, 11) is -2.82. The van der Waals surface area contributed by atoms with E-state index >= 15 is 0 Å². The van der Waals surface area contributed by atoms with Crippen LogP contribution in [0.1, 0.15) is 38.2 Å². The molecule has 1 aliphatic rings. The Kier molecular flexibility index (Phi) is 9.88. The Morgan fingerprint density at radius 2 is 1.71 bits per heavy atom. The summed E-state index contributed by atoms with van der Waals surface area (Å²) in [6.45, 7) is 0.673. The summed E-state index contributed by atoms with van der Waals surface area (Å²) in [6.07, 6.45) is 3.71. The van der Waals surface area contributed by atoms with Gasteiger partial charge >= 0.3 is 0 Å². The van der Waals surface area contributed by atoms with Gasteiger partial charge in [0.05, 0.1) is 22.7 Å². The molecule has 8 nitrogen and oxygen atoms in total. The molecule has 0 radical (unpaired) electrons. The molecule has 0 heterocycles. The molecule has 1 unspecified atom stereocenters. The third-order valence-electron chi connectivity index (χ3n) is 7.20. The number of nitrogens with zero attached hydrogens (tertiary/aromatic N) is 2. The lowest BCUT2D eigenvalue weighted by Crippen LogP contribution is -2.52. The highest BCUT2D eigenvalue weighted by Gasteiger charge is 2.34. The first-order valence-electron chi connectivity index (χ1n) is 13.4. The summed E-state index contributed by atoms with van der Waals surface area (Å²) < 4.78 is 48.5. The number of sulfonamides is 1. The van der Waals surface area contributed by atoms with Crippen LogP contribution >= 0.6 is 11.6 Å². The van der Waals surface area contributed by atoms with E-state index in [9.17, 15) is 22.4 Å². The molecule has 0 bridgehead atoms. The van der Waals surface area contributed by atoms with Crippen LogP contribution < -0.4 is 14.4 Å². The van der Waals surface area contributed by atoms with Crippen molar-refractivity contribution in [3.63, 3.8) is 0 Å². The van der Waals surface area contributed by atoms with Gasteiger partial charge in [0.2, 0.25) is 11.8 Å². The zero-order chi connectivity index (χ0) is 29.6. The van der Waals surface area contributed by atoms with Gasteiger partial charge in [-0.15, -0.1) is 0 Å². The predicted molar refractivity (Wildman–Crippen MR) is 156 cm³/mol. The number of halogens is 2. The zero-order valence-electron chi connectivity index (χ0n) is 22.9. The van der Waals surface area contributed by atoms with Gasteiger partial charge in [0.25, 0.3) is 10.0 Å². The normalized spacial score (nSPS) is 14.3. The Morgan fingerprint density at radius 1 is 1.05 bits per heavy atom. The van der Waals surface area contributed by atoms with Gasteiger partial charge < -0.3 is 15.0 Å². The molecule has 3 aromatic carbocycles. The smallest absolute Gasteiger partial charge is 0.264 e. The van der Waals surface area contributed by atoms with Crippen molar-refractivity contribution in [1.82, 2.24) is 10.2 Å². The van der Waals surface area contributed by atoms with Crippen molar-refractivity contribution in [2.24, 2.45) is 0 Å². The van der Waals surface area contributed by atoms with Gasteiger partial charge in [-0.2, -0.15) is 0 Å². The fraction of sp³-hybridized carbons (Fsp3) is 0.333. The van der Waals surface area contributed by atoms with E-state index in [2.05, 4.69) is 5.32 Å². The molecule has 1 aliphatic carbocycles. The molecule has 41 heavy (non-hydrogen) atoms. The monoisotopic (exact) mass is 601 g/mol. The van der Waals surface area contributed by atoms with E-state index in [1.54, 1.807) is 31.2 Å². The highest BCUT2D eigenvalue weighted by Crippen LogP contribution is 2.32. The minimum Gasteiger partial charge on any atom is -0.495 e. The van der Waals surface area contributed by atoms with Crippen LogP contribution in [0.15, 0.2) is 77.7 Å². The van der Waals surface area contributed by atoms with Crippen molar-refractivity contribution >= 4 is 39.1 Å². The number of benzene rings is 3. The van der Waals surface area contributed by atoms with Crippen LogP contribution in [0, 0.1) is 5.82 Å². The highest BCUT2D eigenvalue weighted by atomic mass is 35.5. The van der Waals surface area contributed by atoms with Gasteiger partial charge in [-0.05, 0) is 56.2 Å². The summed E-state index contributed by atoms with van der Waals surface area (Å²) in [5, 5.41) is 3.14. The van der Waals surface area contributed by atoms with Crippen LogP contribution in [0.25, 0.3) is 0 Å². The van der Waals surface area contributed by atoms with Crippen molar-refractivity contribution in [2.45, 2.75) is 56.1 Å². The molecule has 11 heteroatoms. The molecule has 0 saturated heterocycles. The maximum Gasteiger partial charge on any atom is 0.264 e. The molecule has 1 saturated carbocycles. The van der Waals surface area contributed by atoms with Crippen LogP contribution in [0.2, 0.25) is 5.02 Å². The number of ether oxygens (including phenoxy) is 1. The van der Waals surface area contributed by atoms with Crippen molar-refractivity contribution in [3.05, 3.63) is 89.2 Å². The average molecular weight is 602 g/mol. The Labute approximate surface area is 245 Å². The second-order valence-electron chi connectivity index (χ2n) is 9.92. The second kappa shape index (κ2) is 13.4. The van der Waals surface area contributed by atoms with E-state index in [-0.39, 0.29) is 39.7 Å². The highest BCUT2D eigenvalue weighted by molar-refractivity contribution is 7.92. The van der Waals surface area contributed by atoms with Crippen molar-refractivity contribution < 1.29 is 27.1 Å². The third-order valence-corrected chi connectivity index (χ3v) is 9.28. The number of nitrogens with one attached hydrogen (secondary N) is 1. The van der Waals surface area contributed by atoms with Crippen LogP contribution in [0.4, 0.5) is 10.1 Å². The lowest BCUT2D eigenvalue weighted by atomic mass is 10.1. The van der Waals surface area contributed by atoms with Gasteiger partial charge in [0.1, 0.15) is 24.2 Å². The first kappa shape index (κ1) is 30.3. The van der Waals surface area contributed by atoms with E-state index in [0.717, 1.165) is 30.0 Å². The number of hydrogen-bond donors (Lipinski definition) is 1. The summed E-state index contributed by atoms with van der Waals surface area (Å²) in [5.41, 5.74) is 0.327. The van der Waals surface area contributed by atoms with Crippen LogP contribution in [0.5, 0.6) is 5.75 Å². The van der Waals surface area contributed by atoms with Gasteiger partial charge in [-0.25, -0.2) is 12.8 Å². The molecule has 3 aromatic rings. The first-order valence-corrected chi connectivity index (χ1v) is 15.2. The zero-order valence-corrected chi connectivity index (χ0v) is 24.5. The minimum atomic E-state index is -4.25. The van der Waals surface area contributed by atoms with Gasteiger partial charge in [-0.1, -0.05) is 60.8 Å². The third kappa shape index (κ3) is 7.18. The Balaban J connectivity index is 1.71. The second-order valence-corrected chi connectivity index (χ2v) is 12.2. The van der Waals surface area contributed by atoms with Gasteiger partial charge in [0, 0.05) is 18.2 Å². The summed E-state index contributed by atoms with van der Waals surface area (Å²) in [4.78, 5) is 28.4. The molecule has 0 aliphatic heterocycles. The summed E-state index contributed by atoms with van der Waals surface area (Å²) in [5.74, 6) is -1.28. The number of rotatable bonds is 11. The van der Waals surface area contributed by atoms with E-state index < -0.39 is 34.3 Å². The summed E-state index contributed by atoms with van der Waals surface area (Å²) in [6, 6.07) is 17.0. The largest absolute Gasteiger partial charge is 0.495 e. The van der Waals surface area contributed by atoms with Crippen LogP contribution in [-0.4, -0.2) is 50.9 Å². The minimum absolute atomic E-state index is 0.00626. The molecule has 1 N–H and O–H groups in total. The number of anilines is 1. The first-order chi connectivity index (χ1) is 19.6. The van der Waals surface area contributed by atoms with Gasteiger partial charge in [-0.3, -0.25) is 13.9 Å². The Morgan fingerprint density at radius 3 is 2.34 bits per heavy atom. The standard InChI is InChI=1S/C30H33ClFN3O5S/c1-21(30(37)33-23-11-7-8-12-23)34(19-22-10-6-9-15-27(22)32)29(36)20-35(24-16-17-28(40-2)26(31)18-24)41(38,39)25-13-4-3-5-14-25/h3-6,9-10,13-18,21,23H,7-8,11-12,19-20H2,1-2H3,(H,33,37). The molecule has 1 fully saturated rings. The van der Waals surface area contributed by atoms with Crippen LogP contribution in [-0.2, 0) is 26.2 Å². The maximum atomic E-state index is 14.7. The van der Waals surface area contributed by atoms with Crippen molar-refractivity contribution in [3.8, 4) is 5.75 Å². The topological polar surface area (TPSA) is 96.0 Å². The van der Waals surface area contributed by atoms with E-state index in [1.165, 1.54) is 60.5 Å². The molecule has 0 aromatic heterocycles. The van der Waals surface area contributed by atoms with Gasteiger partial charge in [0.15, 0.2) is 0 Å². The molecule has 218 valence electrons. The number of hydrogen-bond acceptors (Lipinski definition) is 5. The van der Waals surface area contributed by atoms with E-state index in [1.807, 2.05) is 0 Å². The molecule has 4 rings (SSSR count). The number of methoxy groups -OCH3 is 1. The van der Waals surface area contributed by atoms with E-state index in [0.29, 0.717) is 5.75 Å². The average Bonchev–Trinajstić information content (AvgIpc) is 3.48. The fourth-order valence-corrected chi connectivity index (χ4v) is 6.52. The lowest BCUT2D eigenvalue weighted by molar-refractivity contribution is -0.139. The Bertz CT molecular complexity index is 1480. The Hall–Kier alpha value is -3.63. The molecular weight excluding hydrogens is 569 g/mol. The maximum absolute atomic E-state index is 14.7. The SMILES string of the molecule is COc1ccc(N(CC(=O)N(Cc2ccccc2F)C(C)C(=O)NC2CCCC2)S(=O)(=O)c2ccccc2)cc1Cl. The quantitative estimate of drug-likeness (QED) is 0.328. The van der Waals surface area contributed by atoms with Crippen LogP contribution in [0.3, 0.4) is 0 Å². The summed E-state index contributed by atoms with van der Waals surface area (Å²) >= 11 is 6.33. The number of carbonyl (C=O) groups is 2.